The molecule has 0 spiro atoms. The number of nitro groups is 1. The van der Waals surface area contributed by atoms with Gasteiger partial charge in [0.25, 0.3) is 17.5 Å². The van der Waals surface area contributed by atoms with E-state index in [1.807, 2.05) is 20.8 Å². The highest BCUT2D eigenvalue weighted by Gasteiger charge is 2.13. The molecule has 0 saturated carbocycles. The minimum absolute atomic E-state index is 0.0579. The van der Waals surface area contributed by atoms with E-state index in [-0.39, 0.29) is 29.8 Å². The number of hydrogen-bond acceptors (Lipinski definition) is 5. The largest absolute Gasteiger partial charge is 0.484 e. The van der Waals surface area contributed by atoms with E-state index in [0.717, 1.165) is 0 Å². The number of anilines is 1. The Labute approximate surface area is 163 Å². The van der Waals surface area contributed by atoms with Crippen LogP contribution >= 0.6 is 0 Å². The highest BCUT2D eigenvalue weighted by Crippen LogP contribution is 2.18. The molecule has 0 radical (unpaired) electrons. The number of rotatable bonds is 8. The van der Waals surface area contributed by atoms with E-state index in [4.69, 9.17) is 4.74 Å². The predicted octanol–water partition coefficient (Wildman–Crippen LogP) is 3.39. The molecule has 0 aliphatic rings. The monoisotopic (exact) mass is 385 g/mol. The van der Waals surface area contributed by atoms with E-state index in [2.05, 4.69) is 10.6 Å². The van der Waals surface area contributed by atoms with Crippen LogP contribution in [0.25, 0.3) is 0 Å². The van der Waals surface area contributed by atoms with E-state index in [0.29, 0.717) is 17.4 Å². The first-order chi connectivity index (χ1) is 13.3. The molecule has 148 valence electrons. The zero-order valence-electron chi connectivity index (χ0n) is 16.0. The Morgan fingerprint density at radius 3 is 2.39 bits per heavy atom. The molecule has 0 aromatic heterocycles. The maximum absolute atomic E-state index is 12.2. The fourth-order valence-electron chi connectivity index (χ4n) is 2.21. The van der Waals surface area contributed by atoms with Crippen LogP contribution in [0.1, 0.15) is 31.1 Å². The third-order valence-electron chi connectivity index (χ3n) is 4.19. The van der Waals surface area contributed by atoms with Crippen LogP contribution in [0.2, 0.25) is 0 Å². The van der Waals surface area contributed by atoms with Crippen LogP contribution in [0.3, 0.4) is 0 Å². The lowest BCUT2D eigenvalue weighted by molar-refractivity contribution is -0.384. The van der Waals surface area contributed by atoms with Gasteiger partial charge in [-0.2, -0.15) is 0 Å². The number of ether oxygens (including phenoxy) is 1. The molecule has 0 heterocycles. The van der Waals surface area contributed by atoms with Crippen LogP contribution in [0.5, 0.6) is 5.75 Å². The van der Waals surface area contributed by atoms with E-state index in [1.165, 1.54) is 24.3 Å². The molecule has 2 amide bonds. The van der Waals surface area contributed by atoms with Crippen molar-refractivity contribution in [3.8, 4) is 5.75 Å². The van der Waals surface area contributed by atoms with Crippen molar-refractivity contribution in [2.75, 3.05) is 11.9 Å². The first kappa shape index (κ1) is 20.9. The van der Waals surface area contributed by atoms with Crippen LogP contribution < -0.4 is 15.4 Å². The van der Waals surface area contributed by atoms with Crippen LogP contribution in [-0.4, -0.2) is 29.4 Å². The summed E-state index contributed by atoms with van der Waals surface area (Å²) in [6, 6.07) is 12.0. The maximum atomic E-state index is 12.2. The van der Waals surface area contributed by atoms with Gasteiger partial charge in [0.15, 0.2) is 6.61 Å². The minimum Gasteiger partial charge on any atom is -0.484 e. The van der Waals surface area contributed by atoms with Crippen molar-refractivity contribution < 1.29 is 19.2 Å². The first-order valence-corrected chi connectivity index (χ1v) is 8.84. The van der Waals surface area contributed by atoms with Gasteiger partial charge in [0, 0.05) is 29.4 Å². The molecule has 2 aromatic rings. The van der Waals surface area contributed by atoms with Crippen LogP contribution in [0.15, 0.2) is 48.5 Å². The van der Waals surface area contributed by atoms with Gasteiger partial charge in [-0.3, -0.25) is 19.7 Å². The van der Waals surface area contributed by atoms with Crippen molar-refractivity contribution in [2.24, 2.45) is 5.92 Å². The highest BCUT2D eigenvalue weighted by molar-refractivity contribution is 6.04. The zero-order chi connectivity index (χ0) is 20.7. The van der Waals surface area contributed by atoms with Gasteiger partial charge in [0.05, 0.1) is 4.92 Å². The standard InChI is InChI=1S/C20H23N3O5/c1-13(2)14(3)21-19(24)12-28-18-9-7-16(8-10-18)22-20(25)15-5-4-6-17(11-15)23(26)27/h4-11,13-14H,12H2,1-3H3,(H,21,24)(H,22,25). The average Bonchev–Trinajstić information content (AvgIpc) is 2.67. The molecule has 0 aliphatic carbocycles. The summed E-state index contributed by atoms with van der Waals surface area (Å²) in [5.74, 6) is 0.155. The molecule has 0 fully saturated rings. The number of carbonyl (C=O) groups is 2. The molecular weight excluding hydrogens is 362 g/mol. The van der Waals surface area contributed by atoms with Crippen LogP contribution in [0.4, 0.5) is 11.4 Å². The average molecular weight is 385 g/mol. The summed E-state index contributed by atoms with van der Waals surface area (Å²) >= 11 is 0. The van der Waals surface area contributed by atoms with Gasteiger partial charge in [-0.1, -0.05) is 19.9 Å². The van der Waals surface area contributed by atoms with Gasteiger partial charge in [0.2, 0.25) is 0 Å². The number of benzene rings is 2. The SMILES string of the molecule is CC(C)C(C)NC(=O)COc1ccc(NC(=O)c2cccc([N+](=O)[O-])c2)cc1. The molecule has 0 saturated heterocycles. The Morgan fingerprint density at radius 2 is 1.79 bits per heavy atom. The molecule has 1 unspecified atom stereocenters. The Balaban J connectivity index is 1.90. The Hall–Kier alpha value is -3.42. The predicted molar refractivity (Wildman–Crippen MR) is 105 cm³/mol. The molecule has 8 heteroatoms. The Morgan fingerprint density at radius 1 is 1.11 bits per heavy atom. The summed E-state index contributed by atoms with van der Waals surface area (Å²) in [6.45, 7) is 5.87. The fraction of sp³-hybridized carbons (Fsp3) is 0.300. The van der Waals surface area contributed by atoms with Crippen LogP contribution in [0, 0.1) is 16.0 Å². The van der Waals surface area contributed by atoms with Gasteiger partial charge in [-0.25, -0.2) is 0 Å². The molecule has 1 atom stereocenters. The van der Waals surface area contributed by atoms with Gasteiger partial charge >= 0.3 is 0 Å². The lowest BCUT2D eigenvalue weighted by Crippen LogP contribution is -2.38. The highest BCUT2D eigenvalue weighted by atomic mass is 16.6. The van der Waals surface area contributed by atoms with E-state index in [9.17, 15) is 19.7 Å². The third-order valence-corrected chi connectivity index (χ3v) is 4.19. The van der Waals surface area contributed by atoms with Crippen molar-refractivity contribution in [2.45, 2.75) is 26.8 Å². The second-order valence-electron chi connectivity index (χ2n) is 6.67. The van der Waals surface area contributed by atoms with Crippen molar-refractivity contribution in [1.82, 2.24) is 5.32 Å². The molecule has 8 nitrogen and oxygen atoms in total. The van der Waals surface area contributed by atoms with E-state index < -0.39 is 10.8 Å². The summed E-state index contributed by atoms with van der Waals surface area (Å²) < 4.78 is 5.44. The third kappa shape index (κ3) is 6.08. The number of hydrogen-bond donors (Lipinski definition) is 2. The summed E-state index contributed by atoms with van der Waals surface area (Å²) in [7, 11) is 0. The number of non-ortho nitro benzene ring substituents is 1. The quantitative estimate of drug-likeness (QED) is 0.534. The van der Waals surface area contributed by atoms with Crippen molar-refractivity contribution in [3.05, 3.63) is 64.2 Å². The summed E-state index contributed by atoms with van der Waals surface area (Å²) in [4.78, 5) is 34.3. The Kier molecular flexibility index (Phi) is 7.08. The summed E-state index contributed by atoms with van der Waals surface area (Å²) in [5.41, 5.74) is 0.536. The van der Waals surface area contributed by atoms with Gasteiger partial charge in [-0.15, -0.1) is 0 Å². The lowest BCUT2D eigenvalue weighted by atomic mass is 10.1. The number of carbonyl (C=O) groups excluding carboxylic acids is 2. The number of nitrogens with zero attached hydrogens (tertiary/aromatic N) is 1. The molecular formula is C20H23N3O5. The normalized spacial score (nSPS) is 11.6. The van der Waals surface area contributed by atoms with Crippen molar-refractivity contribution in [3.63, 3.8) is 0 Å². The first-order valence-electron chi connectivity index (χ1n) is 8.84. The van der Waals surface area contributed by atoms with Gasteiger partial charge < -0.3 is 15.4 Å². The molecule has 2 N–H and O–H groups in total. The van der Waals surface area contributed by atoms with Gasteiger partial charge in [0.1, 0.15) is 5.75 Å². The molecule has 0 bridgehead atoms. The van der Waals surface area contributed by atoms with Crippen molar-refractivity contribution >= 4 is 23.2 Å². The summed E-state index contributed by atoms with van der Waals surface area (Å²) in [5, 5.41) is 16.3. The smallest absolute Gasteiger partial charge is 0.270 e. The van der Waals surface area contributed by atoms with Crippen molar-refractivity contribution in [1.29, 1.82) is 0 Å². The second-order valence-corrected chi connectivity index (χ2v) is 6.67. The Bertz CT molecular complexity index is 849. The number of nitro benzene ring substituents is 1. The molecule has 0 aliphatic heterocycles. The molecule has 28 heavy (non-hydrogen) atoms. The molecule has 2 rings (SSSR count). The van der Waals surface area contributed by atoms with E-state index in [1.54, 1.807) is 24.3 Å². The zero-order valence-corrected chi connectivity index (χ0v) is 16.0. The fourth-order valence-corrected chi connectivity index (χ4v) is 2.21. The number of nitrogens with one attached hydrogen (secondary N) is 2. The van der Waals surface area contributed by atoms with E-state index >= 15 is 0 Å². The minimum atomic E-state index is -0.555. The van der Waals surface area contributed by atoms with Crippen LogP contribution in [-0.2, 0) is 4.79 Å². The topological polar surface area (TPSA) is 111 Å². The maximum Gasteiger partial charge on any atom is 0.270 e. The lowest BCUT2D eigenvalue weighted by Gasteiger charge is -2.17. The number of amides is 2. The van der Waals surface area contributed by atoms with Gasteiger partial charge in [-0.05, 0) is 43.2 Å². The second kappa shape index (κ2) is 9.50. The summed E-state index contributed by atoms with van der Waals surface area (Å²) in [6.07, 6.45) is 0. The molecule has 2 aromatic carbocycles.